The zero-order chi connectivity index (χ0) is 12.4. The molecule has 0 aromatic carbocycles. The van der Waals surface area contributed by atoms with Gasteiger partial charge in [-0.1, -0.05) is 6.92 Å². The molecule has 0 amide bonds. The lowest BCUT2D eigenvalue weighted by atomic mass is 10.1. The van der Waals surface area contributed by atoms with Crippen molar-refractivity contribution >= 4 is 0 Å². The van der Waals surface area contributed by atoms with Crippen LogP contribution in [-0.4, -0.2) is 15.0 Å². The van der Waals surface area contributed by atoms with Gasteiger partial charge in [-0.3, -0.25) is 9.78 Å². The molecule has 1 N–H and O–H groups in total. The third-order valence-electron chi connectivity index (χ3n) is 2.71. The third-order valence-corrected chi connectivity index (χ3v) is 2.71. The minimum absolute atomic E-state index is 0.0682. The number of aromatic nitrogens is 3. The second kappa shape index (κ2) is 4.49. The first-order valence-corrected chi connectivity index (χ1v) is 5.64. The van der Waals surface area contributed by atoms with Gasteiger partial charge in [0.1, 0.15) is 5.82 Å². The summed E-state index contributed by atoms with van der Waals surface area (Å²) in [5.41, 5.74) is 3.18. The number of hydrogen-bond acceptors (Lipinski definition) is 3. The smallest absolute Gasteiger partial charge is 0.254 e. The van der Waals surface area contributed by atoms with Crippen molar-refractivity contribution < 1.29 is 0 Å². The van der Waals surface area contributed by atoms with Crippen LogP contribution in [0.2, 0.25) is 0 Å². The van der Waals surface area contributed by atoms with Crippen LogP contribution in [-0.2, 0) is 6.42 Å². The lowest BCUT2D eigenvalue weighted by molar-refractivity contribution is 0.911. The van der Waals surface area contributed by atoms with Gasteiger partial charge in [-0.15, -0.1) is 0 Å². The normalized spacial score (nSPS) is 10.5. The van der Waals surface area contributed by atoms with Crippen molar-refractivity contribution in [3.8, 4) is 11.3 Å². The molecule has 17 heavy (non-hydrogen) atoms. The van der Waals surface area contributed by atoms with E-state index >= 15 is 0 Å². The van der Waals surface area contributed by atoms with Gasteiger partial charge in [-0.2, -0.15) is 0 Å². The molecule has 0 spiro atoms. The first-order chi connectivity index (χ1) is 8.11. The Morgan fingerprint density at radius 2 is 2.12 bits per heavy atom. The number of aryl methyl sites for hydroxylation is 2. The predicted molar refractivity (Wildman–Crippen MR) is 66.9 cm³/mol. The van der Waals surface area contributed by atoms with E-state index in [0.717, 1.165) is 17.0 Å². The third kappa shape index (κ3) is 2.25. The van der Waals surface area contributed by atoms with Gasteiger partial charge in [-0.25, -0.2) is 4.98 Å². The monoisotopic (exact) mass is 229 g/mol. The quantitative estimate of drug-likeness (QED) is 0.857. The summed E-state index contributed by atoms with van der Waals surface area (Å²) in [6.07, 6.45) is 2.45. The molecule has 4 nitrogen and oxygen atoms in total. The molecule has 2 heterocycles. The predicted octanol–water partition coefficient (Wildman–Crippen LogP) is 2.01. The Kier molecular flexibility index (Phi) is 3.04. The molecule has 2 aromatic heterocycles. The highest BCUT2D eigenvalue weighted by atomic mass is 16.1. The van der Waals surface area contributed by atoms with Gasteiger partial charge in [0, 0.05) is 29.4 Å². The maximum absolute atomic E-state index is 11.8. The molecular formula is C13H15N3O. The molecule has 0 aliphatic heterocycles. The fourth-order valence-corrected chi connectivity index (χ4v) is 1.72. The van der Waals surface area contributed by atoms with Crippen LogP contribution in [0.4, 0.5) is 0 Å². The van der Waals surface area contributed by atoms with Crippen molar-refractivity contribution in [2.45, 2.75) is 27.2 Å². The van der Waals surface area contributed by atoms with Gasteiger partial charge in [0.05, 0.1) is 5.69 Å². The highest BCUT2D eigenvalue weighted by Crippen LogP contribution is 2.18. The fourth-order valence-electron chi connectivity index (χ4n) is 1.72. The molecule has 0 aliphatic rings. The molecule has 0 radical (unpaired) electrons. The molecule has 0 atom stereocenters. The first kappa shape index (κ1) is 11.5. The molecule has 0 unspecified atom stereocenters. The standard InChI is InChI=1S/C13H15N3O/c1-4-11-15-12(9(3)13(17)16-11)10-5-6-14-8(2)7-10/h5-7H,4H2,1-3H3,(H,15,16,17). The summed E-state index contributed by atoms with van der Waals surface area (Å²) in [5.74, 6) is 0.713. The average molecular weight is 229 g/mol. The highest BCUT2D eigenvalue weighted by Gasteiger charge is 2.09. The Morgan fingerprint density at radius 3 is 2.76 bits per heavy atom. The van der Waals surface area contributed by atoms with Crippen molar-refractivity contribution in [3.63, 3.8) is 0 Å². The van der Waals surface area contributed by atoms with Crippen LogP contribution in [0.5, 0.6) is 0 Å². The van der Waals surface area contributed by atoms with Gasteiger partial charge in [0.25, 0.3) is 5.56 Å². The van der Waals surface area contributed by atoms with Crippen LogP contribution >= 0.6 is 0 Å². The summed E-state index contributed by atoms with van der Waals surface area (Å²) in [7, 11) is 0. The second-order valence-electron chi connectivity index (χ2n) is 4.03. The lowest BCUT2D eigenvalue weighted by Crippen LogP contribution is -2.15. The van der Waals surface area contributed by atoms with Crippen molar-refractivity contribution in [2.24, 2.45) is 0 Å². The molecule has 88 valence electrons. The molecule has 0 saturated carbocycles. The molecule has 0 saturated heterocycles. The van der Waals surface area contributed by atoms with Crippen molar-refractivity contribution in [1.29, 1.82) is 0 Å². The number of rotatable bonds is 2. The van der Waals surface area contributed by atoms with Crippen molar-refractivity contribution in [1.82, 2.24) is 15.0 Å². The molecule has 0 fully saturated rings. The summed E-state index contributed by atoms with van der Waals surface area (Å²) in [5, 5.41) is 0. The minimum atomic E-state index is -0.0682. The second-order valence-corrected chi connectivity index (χ2v) is 4.03. The van der Waals surface area contributed by atoms with Crippen molar-refractivity contribution in [2.75, 3.05) is 0 Å². The van der Waals surface area contributed by atoms with Gasteiger partial charge in [-0.05, 0) is 26.0 Å². The topological polar surface area (TPSA) is 58.6 Å². The van der Waals surface area contributed by atoms with E-state index < -0.39 is 0 Å². The first-order valence-electron chi connectivity index (χ1n) is 5.64. The lowest BCUT2D eigenvalue weighted by Gasteiger charge is -2.07. The Balaban J connectivity index is 2.66. The van der Waals surface area contributed by atoms with Crippen LogP contribution in [0.3, 0.4) is 0 Å². The molecule has 0 bridgehead atoms. The van der Waals surface area contributed by atoms with E-state index in [1.807, 2.05) is 26.0 Å². The Labute approximate surface area is 99.8 Å². The number of nitrogens with zero attached hydrogens (tertiary/aromatic N) is 2. The summed E-state index contributed by atoms with van der Waals surface area (Å²) in [6.45, 7) is 5.68. The number of H-pyrrole nitrogens is 1. The number of hydrogen-bond donors (Lipinski definition) is 1. The fraction of sp³-hybridized carbons (Fsp3) is 0.308. The molecule has 0 aliphatic carbocycles. The van der Waals surface area contributed by atoms with Gasteiger partial charge in [0.15, 0.2) is 0 Å². The largest absolute Gasteiger partial charge is 0.310 e. The van der Waals surface area contributed by atoms with Crippen LogP contribution < -0.4 is 5.56 Å². The average Bonchev–Trinajstić information content (AvgIpc) is 2.32. The van der Waals surface area contributed by atoms with E-state index in [4.69, 9.17) is 0 Å². The maximum Gasteiger partial charge on any atom is 0.254 e. The number of nitrogens with one attached hydrogen (secondary N) is 1. The summed E-state index contributed by atoms with van der Waals surface area (Å²) in [4.78, 5) is 23.2. The van der Waals surface area contributed by atoms with E-state index in [1.165, 1.54) is 0 Å². The van der Waals surface area contributed by atoms with Gasteiger partial charge in [0.2, 0.25) is 0 Å². The Morgan fingerprint density at radius 1 is 1.35 bits per heavy atom. The molecule has 2 rings (SSSR count). The van der Waals surface area contributed by atoms with Crippen LogP contribution in [0, 0.1) is 13.8 Å². The van der Waals surface area contributed by atoms with Crippen LogP contribution in [0.25, 0.3) is 11.3 Å². The summed E-state index contributed by atoms with van der Waals surface area (Å²) in [6, 6.07) is 3.81. The number of pyridine rings is 1. The van der Waals surface area contributed by atoms with Crippen LogP contribution in [0.15, 0.2) is 23.1 Å². The molecular weight excluding hydrogens is 214 g/mol. The molecule has 2 aromatic rings. The van der Waals surface area contributed by atoms with Crippen LogP contribution in [0.1, 0.15) is 24.0 Å². The maximum atomic E-state index is 11.8. The minimum Gasteiger partial charge on any atom is -0.310 e. The van der Waals surface area contributed by atoms with E-state index in [9.17, 15) is 4.79 Å². The highest BCUT2D eigenvalue weighted by molar-refractivity contribution is 5.62. The van der Waals surface area contributed by atoms with Crippen molar-refractivity contribution in [3.05, 3.63) is 45.8 Å². The van der Waals surface area contributed by atoms with E-state index in [2.05, 4.69) is 15.0 Å². The summed E-state index contributed by atoms with van der Waals surface area (Å²) >= 11 is 0. The van der Waals surface area contributed by atoms with Gasteiger partial charge < -0.3 is 4.98 Å². The number of aromatic amines is 1. The zero-order valence-corrected chi connectivity index (χ0v) is 10.2. The SMILES string of the molecule is CCc1nc(-c2ccnc(C)c2)c(C)c(=O)[nH]1. The molecule has 4 heteroatoms. The summed E-state index contributed by atoms with van der Waals surface area (Å²) < 4.78 is 0. The Hall–Kier alpha value is -1.97. The Bertz CT molecular complexity index is 602. The van der Waals surface area contributed by atoms with Gasteiger partial charge >= 0.3 is 0 Å². The van der Waals surface area contributed by atoms with E-state index in [-0.39, 0.29) is 5.56 Å². The zero-order valence-electron chi connectivity index (χ0n) is 10.2. The van der Waals surface area contributed by atoms with E-state index in [1.54, 1.807) is 13.1 Å². The van der Waals surface area contributed by atoms with E-state index in [0.29, 0.717) is 17.8 Å².